The predicted octanol–water partition coefficient (Wildman–Crippen LogP) is 2.55. The Hall–Kier alpha value is -0.130. The Kier molecular flexibility index (Phi) is 7.40. The summed E-state index contributed by atoms with van der Waals surface area (Å²) in [7, 11) is -3.16. The highest BCUT2D eigenvalue weighted by Gasteiger charge is 2.26. The highest BCUT2D eigenvalue weighted by atomic mass is 32.2. The molecule has 4 nitrogen and oxygen atoms in total. The number of ether oxygens (including phenoxy) is 1. The van der Waals surface area contributed by atoms with E-state index in [1.54, 1.807) is 0 Å². The van der Waals surface area contributed by atoms with E-state index in [4.69, 9.17) is 4.74 Å². The maximum absolute atomic E-state index is 11.3. The fourth-order valence-corrected chi connectivity index (χ4v) is 3.33. The topological polar surface area (TPSA) is 55.4 Å². The van der Waals surface area contributed by atoms with Crippen LogP contribution in [0, 0.1) is 5.92 Å². The van der Waals surface area contributed by atoms with Crippen molar-refractivity contribution in [1.29, 1.82) is 0 Å². The van der Waals surface area contributed by atoms with Gasteiger partial charge in [-0.3, -0.25) is 0 Å². The van der Waals surface area contributed by atoms with E-state index in [2.05, 4.69) is 11.6 Å². The number of hydrogen-bond acceptors (Lipinski definition) is 3. The van der Waals surface area contributed by atoms with Gasteiger partial charge in [0.25, 0.3) is 0 Å². The second kappa shape index (κ2) is 7.46. The van der Waals surface area contributed by atoms with Gasteiger partial charge in [0.1, 0.15) is 0 Å². The molecule has 0 bridgehead atoms. The smallest absolute Gasteiger partial charge is 0.209 e. The predicted molar refractivity (Wildman–Crippen MR) is 76.2 cm³/mol. The fraction of sp³-hybridized carbons (Fsp3) is 1.00. The van der Waals surface area contributed by atoms with Crippen molar-refractivity contribution < 1.29 is 13.2 Å². The minimum atomic E-state index is -3.16. The Morgan fingerprint density at radius 1 is 1.28 bits per heavy atom. The summed E-state index contributed by atoms with van der Waals surface area (Å²) in [5.41, 5.74) is -0.423. The lowest BCUT2D eigenvalue weighted by molar-refractivity contribution is 0.0408. The minimum absolute atomic E-state index is 0.218. The van der Waals surface area contributed by atoms with Crippen molar-refractivity contribution in [1.82, 2.24) is 4.72 Å². The zero-order chi connectivity index (χ0) is 14.4. The summed E-state index contributed by atoms with van der Waals surface area (Å²) in [5.74, 6) is 0.390. The van der Waals surface area contributed by atoms with Crippen LogP contribution in [-0.2, 0) is 14.8 Å². The van der Waals surface area contributed by atoms with Crippen LogP contribution in [0.2, 0.25) is 0 Å². The van der Waals surface area contributed by atoms with Gasteiger partial charge in [-0.1, -0.05) is 13.3 Å². The average molecular weight is 279 g/mol. The number of hydrogen-bond donors (Lipinski definition) is 1. The molecule has 1 unspecified atom stereocenters. The van der Waals surface area contributed by atoms with Crippen molar-refractivity contribution in [3.8, 4) is 0 Å². The quantitative estimate of drug-likeness (QED) is 0.705. The molecule has 1 atom stereocenters. The van der Waals surface area contributed by atoms with Gasteiger partial charge in [0, 0.05) is 12.1 Å². The van der Waals surface area contributed by atoms with E-state index in [1.807, 2.05) is 27.7 Å². The van der Waals surface area contributed by atoms with Crippen LogP contribution in [0.1, 0.15) is 53.9 Å². The van der Waals surface area contributed by atoms with Crippen molar-refractivity contribution in [3.63, 3.8) is 0 Å². The fourth-order valence-electron chi connectivity index (χ4n) is 2.25. The van der Waals surface area contributed by atoms with Crippen molar-refractivity contribution >= 4 is 10.0 Å². The Morgan fingerprint density at radius 2 is 1.83 bits per heavy atom. The zero-order valence-electron chi connectivity index (χ0n) is 12.6. The molecule has 0 aliphatic rings. The number of nitrogens with one attached hydrogen (secondary N) is 1. The first-order chi connectivity index (χ1) is 8.06. The summed E-state index contributed by atoms with van der Waals surface area (Å²) in [5, 5.41) is 0. The molecule has 0 aliphatic heterocycles. The number of rotatable bonds is 9. The summed E-state index contributed by atoms with van der Waals surface area (Å²) < 4.78 is 31.0. The van der Waals surface area contributed by atoms with E-state index in [0.717, 1.165) is 19.3 Å². The van der Waals surface area contributed by atoms with E-state index >= 15 is 0 Å². The van der Waals surface area contributed by atoms with Crippen LogP contribution >= 0.6 is 0 Å². The monoisotopic (exact) mass is 279 g/mol. The first kappa shape index (κ1) is 17.9. The third kappa shape index (κ3) is 9.85. The lowest BCUT2D eigenvalue weighted by Gasteiger charge is -2.30. The molecule has 0 rings (SSSR count). The maximum Gasteiger partial charge on any atom is 0.209 e. The second-order valence-corrected chi connectivity index (χ2v) is 7.75. The molecule has 5 heteroatoms. The molecule has 0 aromatic heterocycles. The summed E-state index contributed by atoms with van der Waals surface area (Å²) in [4.78, 5) is 0. The van der Waals surface area contributed by atoms with Gasteiger partial charge in [-0.05, 0) is 46.5 Å². The van der Waals surface area contributed by atoms with Crippen LogP contribution in [0.4, 0.5) is 0 Å². The second-order valence-electron chi connectivity index (χ2n) is 6.00. The average Bonchev–Trinajstić information content (AvgIpc) is 2.09. The van der Waals surface area contributed by atoms with Gasteiger partial charge < -0.3 is 4.74 Å². The van der Waals surface area contributed by atoms with E-state index in [9.17, 15) is 8.42 Å². The van der Waals surface area contributed by atoms with Gasteiger partial charge in [0.15, 0.2) is 0 Å². The van der Waals surface area contributed by atoms with Gasteiger partial charge in [-0.15, -0.1) is 0 Å². The molecule has 0 aromatic carbocycles. The lowest BCUT2D eigenvalue weighted by Crippen LogP contribution is -2.44. The molecule has 110 valence electrons. The third-order valence-corrected chi connectivity index (χ3v) is 3.55. The highest BCUT2D eigenvalue weighted by Crippen LogP contribution is 2.22. The van der Waals surface area contributed by atoms with Crippen LogP contribution in [0.5, 0.6) is 0 Å². The zero-order valence-corrected chi connectivity index (χ0v) is 13.4. The molecule has 1 N–H and O–H groups in total. The van der Waals surface area contributed by atoms with Crippen LogP contribution < -0.4 is 4.72 Å². The van der Waals surface area contributed by atoms with Crippen LogP contribution in [-0.4, -0.2) is 32.9 Å². The normalized spacial score (nSPS) is 15.1. The maximum atomic E-state index is 11.3. The summed E-state index contributed by atoms with van der Waals surface area (Å²) in [6.45, 7) is 10.7. The molecule has 0 saturated carbocycles. The van der Waals surface area contributed by atoms with Gasteiger partial charge in [-0.2, -0.15) is 0 Å². The largest absolute Gasteiger partial charge is 0.379 e. The first-order valence-corrected chi connectivity index (χ1v) is 8.55. The molecule has 0 saturated heterocycles. The van der Waals surface area contributed by atoms with Crippen LogP contribution in [0.25, 0.3) is 0 Å². The van der Waals surface area contributed by atoms with Crippen molar-refractivity contribution in [3.05, 3.63) is 0 Å². The molecule has 0 aliphatic carbocycles. The Bertz CT molecular complexity index is 323. The summed E-state index contributed by atoms with van der Waals surface area (Å²) in [6.07, 6.45) is 4.35. The summed E-state index contributed by atoms with van der Waals surface area (Å²) in [6, 6.07) is 0. The van der Waals surface area contributed by atoms with E-state index in [-0.39, 0.29) is 6.10 Å². The molecule has 0 spiro atoms. The molecule has 0 heterocycles. The van der Waals surface area contributed by atoms with Gasteiger partial charge in [0.05, 0.1) is 12.4 Å². The standard InChI is InChI=1S/C13H29NO3S/c1-7-8-12(10-17-11(2)3)9-13(4,5)14-18(6,15)16/h11-12,14H,7-10H2,1-6H3. The molecule has 0 amide bonds. The minimum Gasteiger partial charge on any atom is -0.379 e. The highest BCUT2D eigenvalue weighted by molar-refractivity contribution is 7.88. The van der Waals surface area contributed by atoms with Gasteiger partial charge >= 0.3 is 0 Å². The van der Waals surface area contributed by atoms with Crippen LogP contribution in [0.3, 0.4) is 0 Å². The molecular formula is C13H29NO3S. The van der Waals surface area contributed by atoms with Gasteiger partial charge in [-0.25, -0.2) is 13.1 Å². The van der Waals surface area contributed by atoms with Crippen LogP contribution in [0.15, 0.2) is 0 Å². The number of sulfonamides is 1. The van der Waals surface area contributed by atoms with Crippen molar-refractivity contribution in [2.45, 2.75) is 65.5 Å². The van der Waals surface area contributed by atoms with E-state index in [1.165, 1.54) is 6.26 Å². The van der Waals surface area contributed by atoms with Crippen molar-refractivity contribution in [2.75, 3.05) is 12.9 Å². The SMILES string of the molecule is CCCC(COC(C)C)CC(C)(C)NS(C)(=O)=O. The molecule has 0 fully saturated rings. The van der Waals surface area contributed by atoms with Crippen molar-refractivity contribution in [2.24, 2.45) is 5.92 Å². The van der Waals surface area contributed by atoms with Gasteiger partial charge in [0.2, 0.25) is 10.0 Å². The lowest BCUT2D eigenvalue weighted by atomic mass is 9.89. The van der Waals surface area contributed by atoms with E-state index < -0.39 is 15.6 Å². The molecule has 0 radical (unpaired) electrons. The first-order valence-electron chi connectivity index (χ1n) is 6.66. The Balaban J connectivity index is 4.45. The summed E-state index contributed by atoms with van der Waals surface area (Å²) >= 11 is 0. The molecule has 18 heavy (non-hydrogen) atoms. The molecule has 0 aromatic rings. The molecular weight excluding hydrogens is 250 g/mol. The third-order valence-electron chi connectivity index (χ3n) is 2.62. The Morgan fingerprint density at radius 3 is 2.22 bits per heavy atom. The van der Waals surface area contributed by atoms with E-state index in [0.29, 0.717) is 12.5 Å². The Labute approximate surface area is 113 Å².